The van der Waals surface area contributed by atoms with Gasteiger partial charge in [-0.05, 0) is 136 Å². The van der Waals surface area contributed by atoms with Crippen molar-refractivity contribution in [2.45, 2.75) is 96.2 Å². The number of aryl methyl sites for hydroxylation is 2. The quantitative estimate of drug-likeness (QED) is 0.487. The first kappa shape index (κ1) is 23.0. The van der Waals surface area contributed by atoms with Gasteiger partial charge in [-0.15, -0.1) is 0 Å². The second-order valence-electron chi connectivity index (χ2n) is 12.9. The molecule has 1 N–H and O–H groups in total. The van der Waals surface area contributed by atoms with Gasteiger partial charge in [0.05, 0.1) is 11.2 Å². The van der Waals surface area contributed by atoms with Gasteiger partial charge >= 0.3 is 0 Å². The molecule has 2 nitrogen and oxygen atoms in total. The third-order valence-electron chi connectivity index (χ3n) is 11.2. The average Bonchev–Trinajstić information content (AvgIpc) is 3.34. The minimum Gasteiger partial charge on any atom is -0.359 e. The smallest absolute Gasteiger partial charge is 0.0944 e. The molecular formula is C32H45NO. The first-order chi connectivity index (χ1) is 16.4. The first-order valence-corrected chi connectivity index (χ1v) is 14.2. The zero-order valence-corrected chi connectivity index (χ0v) is 22.0. The van der Waals surface area contributed by atoms with Gasteiger partial charge < -0.3 is 10.1 Å². The fourth-order valence-corrected chi connectivity index (χ4v) is 9.46. The lowest BCUT2D eigenvalue weighted by molar-refractivity contribution is -0.149. The number of rotatable bonds is 6. The van der Waals surface area contributed by atoms with E-state index < -0.39 is 0 Å². The maximum Gasteiger partial charge on any atom is 0.0944 e. The fourth-order valence-electron chi connectivity index (χ4n) is 9.46. The lowest BCUT2D eigenvalue weighted by Gasteiger charge is -2.56. The largest absolute Gasteiger partial charge is 0.359 e. The highest BCUT2D eigenvalue weighted by Gasteiger charge is 2.67. The Morgan fingerprint density at radius 2 is 2.00 bits per heavy atom. The van der Waals surface area contributed by atoms with Gasteiger partial charge in [0.2, 0.25) is 0 Å². The van der Waals surface area contributed by atoms with E-state index in [1.807, 2.05) is 0 Å². The van der Waals surface area contributed by atoms with Crippen molar-refractivity contribution in [3.63, 3.8) is 0 Å². The van der Waals surface area contributed by atoms with Crippen molar-refractivity contribution in [1.82, 2.24) is 5.32 Å². The third kappa shape index (κ3) is 3.34. The monoisotopic (exact) mass is 459 g/mol. The van der Waals surface area contributed by atoms with Crippen LogP contribution >= 0.6 is 0 Å². The second-order valence-corrected chi connectivity index (χ2v) is 12.9. The second kappa shape index (κ2) is 8.34. The van der Waals surface area contributed by atoms with E-state index in [4.69, 9.17) is 4.74 Å². The molecule has 1 saturated heterocycles. The van der Waals surface area contributed by atoms with Gasteiger partial charge in [0.1, 0.15) is 0 Å². The summed E-state index contributed by atoms with van der Waals surface area (Å²) in [6, 6.07) is 8.98. The number of nitrogens with one attached hydrogen (secondary N) is 1. The molecule has 7 atom stereocenters. The van der Waals surface area contributed by atoms with E-state index >= 15 is 0 Å². The molecule has 2 heteroatoms. The lowest BCUT2D eigenvalue weighted by Crippen LogP contribution is -2.55. The zero-order chi connectivity index (χ0) is 23.6. The van der Waals surface area contributed by atoms with Crippen LogP contribution in [0.2, 0.25) is 0 Å². The van der Waals surface area contributed by atoms with Crippen LogP contribution in [0.5, 0.6) is 0 Å². The maximum atomic E-state index is 7.44. The van der Waals surface area contributed by atoms with Crippen LogP contribution < -0.4 is 5.32 Å². The molecular weight excluding hydrogens is 414 g/mol. The lowest BCUT2D eigenvalue weighted by atomic mass is 9.55. The molecule has 2 saturated carbocycles. The highest BCUT2D eigenvalue weighted by atomic mass is 16.5. The van der Waals surface area contributed by atoms with Crippen LogP contribution in [0.3, 0.4) is 0 Å². The normalized spacial score (nSPS) is 41.2. The molecule has 2 heterocycles. The third-order valence-corrected chi connectivity index (χ3v) is 11.2. The van der Waals surface area contributed by atoms with Gasteiger partial charge in [-0.1, -0.05) is 50.3 Å². The van der Waals surface area contributed by atoms with Gasteiger partial charge in [0.25, 0.3) is 0 Å². The molecule has 1 aromatic carbocycles. The molecule has 5 aliphatic rings. The summed E-state index contributed by atoms with van der Waals surface area (Å²) in [5.41, 5.74) is 6.67. The number of hydrogen-bond acceptors (Lipinski definition) is 2. The predicted octanol–water partition coefficient (Wildman–Crippen LogP) is 7.17. The van der Waals surface area contributed by atoms with Crippen LogP contribution in [0.1, 0.15) is 82.8 Å². The molecule has 3 aliphatic carbocycles. The van der Waals surface area contributed by atoms with Crippen molar-refractivity contribution >= 4 is 0 Å². The van der Waals surface area contributed by atoms with Crippen molar-refractivity contribution in [3.8, 4) is 0 Å². The van der Waals surface area contributed by atoms with E-state index in [0.717, 1.165) is 18.4 Å². The highest BCUT2D eigenvalue weighted by molar-refractivity contribution is 5.46. The topological polar surface area (TPSA) is 21.3 Å². The van der Waals surface area contributed by atoms with Gasteiger partial charge in [-0.25, -0.2) is 0 Å². The summed E-state index contributed by atoms with van der Waals surface area (Å²) in [7, 11) is 2.10. The molecule has 1 unspecified atom stereocenters. The minimum absolute atomic E-state index is 0.00998. The van der Waals surface area contributed by atoms with Crippen molar-refractivity contribution in [2.75, 3.05) is 13.6 Å². The Bertz CT molecular complexity index is 1010. The number of hydrogen-bond donors (Lipinski definition) is 1. The first-order valence-electron chi connectivity index (χ1n) is 14.2. The molecule has 0 radical (unpaired) electrons. The summed E-state index contributed by atoms with van der Waals surface area (Å²) in [6.45, 7) is 8.60. The summed E-state index contributed by atoms with van der Waals surface area (Å²) in [5.74, 6) is 3.03. The summed E-state index contributed by atoms with van der Waals surface area (Å²) in [5, 5.41) is 3.43. The van der Waals surface area contributed by atoms with E-state index in [-0.39, 0.29) is 11.2 Å². The highest BCUT2D eigenvalue weighted by Crippen LogP contribution is 2.69. The van der Waals surface area contributed by atoms with E-state index in [1.54, 1.807) is 11.1 Å². The van der Waals surface area contributed by atoms with Crippen molar-refractivity contribution in [3.05, 3.63) is 58.7 Å². The summed E-state index contributed by atoms with van der Waals surface area (Å²) in [4.78, 5) is 0. The molecule has 0 aromatic heterocycles. The van der Waals surface area contributed by atoms with Crippen LogP contribution in [-0.2, 0) is 11.2 Å². The minimum atomic E-state index is 0.00998. The number of ether oxygens (including phenoxy) is 1. The Morgan fingerprint density at radius 1 is 1.15 bits per heavy atom. The molecule has 2 bridgehead atoms. The maximum absolute atomic E-state index is 7.44. The number of fused-ring (bicyclic) bond motifs is 1. The SMILES string of the molecule is CNC[C@@H]1CC=C2C=C3CC[C@]4(C)[C@@H](C(C)CCc5ccccc5C)CC[C@H]4[C@@]34CC[C@]2(C1)O4. The molecule has 184 valence electrons. The van der Waals surface area contributed by atoms with Crippen LogP contribution in [-0.4, -0.2) is 24.8 Å². The molecule has 2 aliphatic heterocycles. The van der Waals surface area contributed by atoms with Crippen molar-refractivity contribution < 1.29 is 4.74 Å². The summed E-state index contributed by atoms with van der Waals surface area (Å²) >= 11 is 0. The van der Waals surface area contributed by atoms with Gasteiger partial charge in [0.15, 0.2) is 0 Å². The zero-order valence-electron chi connectivity index (χ0n) is 22.0. The van der Waals surface area contributed by atoms with Gasteiger partial charge in [-0.3, -0.25) is 0 Å². The van der Waals surface area contributed by atoms with Crippen LogP contribution in [0.15, 0.2) is 47.6 Å². The Labute approximate surface area is 207 Å². The van der Waals surface area contributed by atoms with E-state index in [2.05, 4.69) is 69.6 Å². The predicted molar refractivity (Wildman–Crippen MR) is 141 cm³/mol. The Balaban J connectivity index is 1.24. The molecule has 2 spiro atoms. The van der Waals surface area contributed by atoms with E-state index in [9.17, 15) is 0 Å². The Hall–Kier alpha value is -1.38. The molecule has 3 fully saturated rings. The van der Waals surface area contributed by atoms with Crippen LogP contribution in [0.25, 0.3) is 0 Å². The van der Waals surface area contributed by atoms with Crippen LogP contribution in [0, 0.1) is 36.0 Å². The van der Waals surface area contributed by atoms with Crippen LogP contribution in [0.4, 0.5) is 0 Å². The molecule has 1 aromatic rings. The average molecular weight is 460 g/mol. The number of allylic oxidation sites excluding steroid dienone is 1. The van der Waals surface area contributed by atoms with Gasteiger partial charge in [0, 0.05) is 0 Å². The summed E-state index contributed by atoms with van der Waals surface area (Å²) in [6.07, 6.45) is 18.0. The van der Waals surface area contributed by atoms with Gasteiger partial charge in [-0.2, -0.15) is 0 Å². The molecule has 34 heavy (non-hydrogen) atoms. The number of benzene rings is 1. The summed E-state index contributed by atoms with van der Waals surface area (Å²) < 4.78 is 7.44. The van der Waals surface area contributed by atoms with E-state index in [1.165, 1.54) is 75.3 Å². The van der Waals surface area contributed by atoms with Crippen molar-refractivity contribution in [1.29, 1.82) is 0 Å². The fraction of sp³-hybridized carbons (Fsp3) is 0.688. The Kier molecular flexibility index (Phi) is 5.65. The molecule has 0 amide bonds. The standard InChI is InChI=1S/C32H45NO/c1-22-7-5-6-8-25(22)11-9-23(2)28-13-14-29-30(28,3)16-15-27-19-26-12-10-24(21-33-4)20-31(26)17-18-32(27,29)34-31/h5-8,12,19,23-24,28-29,33H,9-11,13-18,20-21H2,1-4H3/t23?,24-,28-,29-,30-,31-,32-/m1/s1. The Morgan fingerprint density at radius 3 is 2.82 bits per heavy atom. The molecule has 6 rings (SSSR count). The van der Waals surface area contributed by atoms with Crippen molar-refractivity contribution in [2.24, 2.45) is 29.1 Å². The van der Waals surface area contributed by atoms with E-state index in [0.29, 0.717) is 17.3 Å².